The lowest BCUT2D eigenvalue weighted by Gasteiger charge is -2.37. The minimum atomic E-state index is -0.484. The maximum Gasteiger partial charge on any atom is 0.228 e. The van der Waals surface area contributed by atoms with Gasteiger partial charge < -0.3 is 11.1 Å². The average molecular weight is 264 g/mol. The van der Waals surface area contributed by atoms with Crippen LogP contribution in [0.5, 0.6) is 0 Å². The summed E-state index contributed by atoms with van der Waals surface area (Å²) < 4.78 is 13.7. The van der Waals surface area contributed by atoms with Crippen LogP contribution in [0.25, 0.3) is 0 Å². The van der Waals surface area contributed by atoms with E-state index in [9.17, 15) is 9.18 Å². The Morgan fingerprint density at radius 1 is 1.42 bits per heavy atom. The average Bonchev–Trinajstić information content (AvgIpc) is 2.33. The second-order valence-electron chi connectivity index (χ2n) is 5.98. The zero-order valence-corrected chi connectivity index (χ0v) is 11.5. The predicted octanol–water partition coefficient (Wildman–Crippen LogP) is 3.56. The number of amides is 1. The van der Waals surface area contributed by atoms with Gasteiger partial charge in [0.05, 0.1) is 5.69 Å². The van der Waals surface area contributed by atoms with Crippen LogP contribution in [0.15, 0.2) is 18.2 Å². The van der Waals surface area contributed by atoms with Gasteiger partial charge in [0.15, 0.2) is 0 Å². The fourth-order valence-corrected chi connectivity index (χ4v) is 2.86. The zero-order chi connectivity index (χ0) is 14.0. The molecule has 0 bridgehead atoms. The summed E-state index contributed by atoms with van der Waals surface area (Å²) >= 11 is 0. The molecular formula is C15H21FN2O. The summed E-state index contributed by atoms with van der Waals surface area (Å²) in [5.41, 5.74) is 6.04. The Labute approximate surface area is 113 Å². The summed E-state index contributed by atoms with van der Waals surface area (Å²) in [6.07, 6.45) is 4.08. The maximum absolute atomic E-state index is 13.7. The molecule has 3 nitrogen and oxygen atoms in total. The maximum atomic E-state index is 13.7. The molecular weight excluding hydrogens is 243 g/mol. The Morgan fingerprint density at radius 2 is 2.16 bits per heavy atom. The van der Waals surface area contributed by atoms with E-state index < -0.39 is 5.82 Å². The molecule has 1 saturated carbocycles. The SMILES string of the molecule is CC1(C)CCCCC1C(=O)Nc1c(N)cccc1F. The molecule has 1 aromatic rings. The van der Waals surface area contributed by atoms with Crippen LogP contribution in [0, 0.1) is 17.2 Å². The number of benzene rings is 1. The van der Waals surface area contributed by atoms with Gasteiger partial charge in [-0.2, -0.15) is 0 Å². The highest BCUT2D eigenvalue weighted by molar-refractivity contribution is 5.95. The van der Waals surface area contributed by atoms with Gasteiger partial charge in [-0.1, -0.05) is 32.8 Å². The molecule has 0 spiro atoms. The Balaban J connectivity index is 2.17. The lowest BCUT2D eigenvalue weighted by Crippen LogP contribution is -2.37. The van der Waals surface area contributed by atoms with Crippen LogP contribution in [-0.4, -0.2) is 5.91 Å². The molecule has 1 unspecified atom stereocenters. The first-order chi connectivity index (χ1) is 8.92. The zero-order valence-electron chi connectivity index (χ0n) is 11.5. The van der Waals surface area contributed by atoms with Gasteiger partial charge in [-0.3, -0.25) is 4.79 Å². The molecule has 104 valence electrons. The van der Waals surface area contributed by atoms with Gasteiger partial charge in [0.1, 0.15) is 11.5 Å². The Kier molecular flexibility index (Phi) is 3.78. The molecule has 0 aromatic heterocycles. The number of carbonyl (C=O) groups excluding carboxylic acids is 1. The van der Waals surface area contributed by atoms with E-state index >= 15 is 0 Å². The van der Waals surface area contributed by atoms with Gasteiger partial charge in [-0.15, -0.1) is 0 Å². The molecule has 2 rings (SSSR count). The molecule has 19 heavy (non-hydrogen) atoms. The first-order valence-electron chi connectivity index (χ1n) is 6.76. The van der Waals surface area contributed by atoms with E-state index in [2.05, 4.69) is 19.2 Å². The Morgan fingerprint density at radius 3 is 2.79 bits per heavy atom. The quantitative estimate of drug-likeness (QED) is 0.802. The molecule has 4 heteroatoms. The van der Waals surface area contributed by atoms with Crippen molar-refractivity contribution in [1.29, 1.82) is 0 Å². The summed E-state index contributed by atoms with van der Waals surface area (Å²) in [5, 5.41) is 2.66. The lowest BCUT2D eigenvalue weighted by atomic mass is 9.68. The largest absolute Gasteiger partial charge is 0.397 e. The first-order valence-corrected chi connectivity index (χ1v) is 6.76. The molecule has 1 aliphatic rings. The normalized spacial score (nSPS) is 21.9. The topological polar surface area (TPSA) is 55.1 Å². The molecule has 0 heterocycles. The number of anilines is 2. The Bertz CT molecular complexity index is 465. The number of hydrogen-bond acceptors (Lipinski definition) is 2. The van der Waals surface area contributed by atoms with Crippen molar-refractivity contribution in [2.45, 2.75) is 39.5 Å². The van der Waals surface area contributed by atoms with E-state index in [-0.39, 0.29) is 28.6 Å². The highest BCUT2D eigenvalue weighted by Gasteiger charge is 2.37. The smallest absolute Gasteiger partial charge is 0.228 e. The molecule has 0 radical (unpaired) electrons. The number of hydrogen-bond donors (Lipinski definition) is 2. The van der Waals surface area contributed by atoms with Crippen molar-refractivity contribution < 1.29 is 9.18 Å². The van der Waals surface area contributed by atoms with Crippen molar-refractivity contribution in [3.8, 4) is 0 Å². The van der Waals surface area contributed by atoms with E-state index in [1.54, 1.807) is 6.07 Å². The van der Waals surface area contributed by atoms with Crippen molar-refractivity contribution in [2.75, 3.05) is 11.1 Å². The first kappa shape index (κ1) is 13.8. The van der Waals surface area contributed by atoms with Crippen LogP contribution in [0.3, 0.4) is 0 Å². The number of nitrogens with two attached hydrogens (primary N) is 1. The van der Waals surface area contributed by atoms with Crippen LogP contribution in [0.4, 0.5) is 15.8 Å². The highest BCUT2D eigenvalue weighted by Crippen LogP contribution is 2.41. The molecule has 1 atom stereocenters. The van der Waals surface area contributed by atoms with Crippen molar-refractivity contribution in [3.63, 3.8) is 0 Å². The summed E-state index contributed by atoms with van der Waals surface area (Å²) in [6, 6.07) is 4.42. The van der Waals surface area contributed by atoms with Crippen molar-refractivity contribution in [3.05, 3.63) is 24.0 Å². The standard InChI is InChI=1S/C15H21FN2O/c1-15(2)9-4-3-6-10(15)14(19)18-13-11(16)7-5-8-12(13)17/h5,7-8,10H,3-4,6,9,17H2,1-2H3,(H,18,19). The van der Waals surface area contributed by atoms with Gasteiger partial charge in [0, 0.05) is 5.92 Å². The van der Waals surface area contributed by atoms with E-state index in [4.69, 9.17) is 5.73 Å². The van der Waals surface area contributed by atoms with E-state index in [0.717, 1.165) is 25.7 Å². The van der Waals surface area contributed by atoms with E-state index in [1.807, 2.05) is 0 Å². The fraction of sp³-hybridized carbons (Fsp3) is 0.533. The molecule has 0 saturated heterocycles. The Hall–Kier alpha value is -1.58. The number of nitrogens with one attached hydrogen (secondary N) is 1. The second kappa shape index (κ2) is 5.19. The monoisotopic (exact) mass is 264 g/mol. The van der Waals surface area contributed by atoms with E-state index in [0.29, 0.717) is 0 Å². The van der Waals surface area contributed by atoms with Gasteiger partial charge in [-0.05, 0) is 30.4 Å². The fourth-order valence-electron chi connectivity index (χ4n) is 2.86. The summed E-state index contributed by atoms with van der Waals surface area (Å²) in [4.78, 5) is 12.4. The van der Waals surface area contributed by atoms with Crippen LogP contribution >= 0.6 is 0 Å². The molecule has 1 aliphatic carbocycles. The number of halogens is 1. The van der Waals surface area contributed by atoms with Crippen molar-refractivity contribution in [1.82, 2.24) is 0 Å². The predicted molar refractivity (Wildman–Crippen MR) is 75.2 cm³/mol. The highest BCUT2D eigenvalue weighted by atomic mass is 19.1. The number of nitrogen functional groups attached to an aromatic ring is 1. The van der Waals surface area contributed by atoms with Crippen molar-refractivity contribution in [2.24, 2.45) is 11.3 Å². The molecule has 1 fully saturated rings. The van der Waals surface area contributed by atoms with Gasteiger partial charge in [0.2, 0.25) is 5.91 Å². The third-order valence-corrected chi connectivity index (χ3v) is 4.12. The van der Waals surface area contributed by atoms with E-state index in [1.165, 1.54) is 12.1 Å². The van der Waals surface area contributed by atoms with Gasteiger partial charge in [-0.25, -0.2) is 4.39 Å². The number of rotatable bonds is 2. The van der Waals surface area contributed by atoms with Crippen LogP contribution < -0.4 is 11.1 Å². The summed E-state index contributed by atoms with van der Waals surface area (Å²) in [6.45, 7) is 4.20. The third kappa shape index (κ3) is 2.88. The molecule has 1 amide bonds. The van der Waals surface area contributed by atoms with Gasteiger partial charge in [0.25, 0.3) is 0 Å². The summed E-state index contributed by atoms with van der Waals surface area (Å²) in [7, 11) is 0. The number of para-hydroxylation sites is 1. The minimum Gasteiger partial charge on any atom is -0.397 e. The van der Waals surface area contributed by atoms with Crippen LogP contribution in [0.2, 0.25) is 0 Å². The molecule has 1 aromatic carbocycles. The van der Waals surface area contributed by atoms with Crippen LogP contribution in [0.1, 0.15) is 39.5 Å². The van der Waals surface area contributed by atoms with Crippen molar-refractivity contribution >= 4 is 17.3 Å². The molecule has 0 aliphatic heterocycles. The third-order valence-electron chi connectivity index (χ3n) is 4.12. The summed E-state index contributed by atoms with van der Waals surface area (Å²) in [5.74, 6) is -0.691. The van der Waals surface area contributed by atoms with Gasteiger partial charge >= 0.3 is 0 Å². The lowest BCUT2D eigenvalue weighted by molar-refractivity contribution is -0.124. The van der Waals surface area contributed by atoms with Crippen LogP contribution in [-0.2, 0) is 4.79 Å². The second-order valence-corrected chi connectivity index (χ2v) is 5.98. The minimum absolute atomic E-state index is 0.0393. The number of carbonyl (C=O) groups is 1. The molecule has 3 N–H and O–H groups in total.